The van der Waals surface area contributed by atoms with E-state index < -0.39 is 88.5 Å². The van der Waals surface area contributed by atoms with Crippen LogP contribution in [0.5, 0.6) is 0 Å². The number of carbonyl (C=O) groups is 4. The molecule has 2 saturated carbocycles. The summed E-state index contributed by atoms with van der Waals surface area (Å²) in [7, 11) is 0. The van der Waals surface area contributed by atoms with E-state index in [9.17, 15) is 34.5 Å². The van der Waals surface area contributed by atoms with Crippen molar-refractivity contribution in [2.45, 2.75) is 116 Å². The van der Waals surface area contributed by atoms with Gasteiger partial charge in [-0.05, 0) is 18.1 Å². The van der Waals surface area contributed by atoms with Gasteiger partial charge in [0.2, 0.25) is 0 Å². The van der Waals surface area contributed by atoms with Crippen LogP contribution in [0.1, 0.15) is 68.2 Å². The number of hydrogen-bond donors (Lipinski definition) is 3. The standard InChI is InChI=1S/C28H40O12/c1-12-17(33)10-28(35)24-22-26(8,23(39-15(4)31)21(38-14(3)30)20(12)25(28,6)7)19(37-13(2)29)9-18(34)27(22,11-36-24)40-16(5)32/h17-19,21-24,33-35H,9-11H2,1-8H3/t17-,18-,19-,21+,22-,23-,24-,26+,27-,28+/m0/s1. The molecule has 3 aliphatic carbocycles. The summed E-state index contributed by atoms with van der Waals surface area (Å²) in [6, 6.07) is 0. The molecule has 0 unspecified atom stereocenters. The van der Waals surface area contributed by atoms with Crippen molar-refractivity contribution in [3.8, 4) is 0 Å². The molecule has 2 bridgehead atoms. The smallest absolute Gasteiger partial charge is 0.303 e. The molecule has 3 fully saturated rings. The Labute approximate surface area is 232 Å². The van der Waals surface area contributed by atoms with Gasteiger partial charge in [-0.15, -0.1) is 0 Å². The molecule has 224 valence electrons. The van der Waals surface area contributed by atoms with Crippen LogP contribution in [0.3, 0.4) is 0 Å². The van der Waals surface area contributed by atoms with E-state index in [0.29, 0.717) is 11.1 Å². The third-order valence-corrected chi connectivity index (χ3v) is 9.74. The molecule has 0 aromatic carbocycles. The molecule has 1 saturated heterocycles. The normalized spacial score (nSPS) is 43.5. The van der Waals surface area contributed by atoms with E-state index in [4.69, 9.17) is 23.7 Å². The molecule has 0 amide bonds. The van der Waals surface area contributed by atoms with Crippen molar-refractivity contribution >= 4 is 23.9 Å². The Balaban J connectivity index is 2.16. The van der Waals surface area contributed by atoms with Gasteiger partial charge < -0.3 is 39.0 Å². The monoisotopic (exact) mass is 568 g/mol. The van der Waals surface area contributed by atoms with Gasteiger partial charge in [0, 0.05) is 51.9 Å². The molecule has 12 heteroatoms. The van der Waals surface area contributed by atoms with Gasteiger partial charge in [-0.25, -0.2) is 0 Å². The maximum absolute atomic E-state index is 12.7. The Morgan fingerprint density at radius 2 is 1.48 bits per heavy atom. The van der Waals surface area contributed by atoms with Gasteiger partial charge in [0.05, 0.1) is 24.2 Å². The number of aliphatic hydroxyl groups is 3. The first-order valence-corrected chi connectivity index (χ1v) is 13.5. The van der Waals surface area contributed by atoms with Crippen molar-refractivity contribution in [2.24, 2.45) is 16.7 Å². The van der Waals surface area contributed by atoms with Crippen molar-refractivity contribution in [3.63, 3.8) is 0 Å². The molecule has 3 N–H and O–H groups in total. The summed E-state index contributed by atoms with van der Waals surface area (Å²) in [4.78, 5) is 50.1. The quantitative estimate of drug-likeness (QED) is 0.247. The van der Waals surface area contributed by atoms with Crippen LogP contribution in [-0.2, 0) is 42.9 Å². The van der Waals surface area contributed by atoms with Gasteiger partial charge in [0.15, 0.2) is 17.8 Å². The minimum atomic E-state index is -1.87. The average Bonchev–Trinajstić information content (AvgIpc) is 3.19. The Kier molecular flexibility index (Phi) is 7.44. The molecule has 1 heterocycles. The number of carbonyl (C=O) groups excluding carboxylic acids is 4. The van der Waals surface area contributed by atoms with Crippen LogP contribution in [0.4, 0.5) is 0 Å². The second-order valence-corrected chi connectivity index (χ2v) is 12.4. The van der Waals surface area contributed by atoms with Crippen molar-refractivity contribution in [2.75, 3.05) is 6.61 Å². The minimum Gasteiger partial charge on any atom is -0.462 e. The van der Waals surface area contributed by atoms with Gasteiger partial charge in [0.25, 0.3) is 0 Å². The lowest BCUT2D eigenvalue weighted by atomic mass is 9.45. The van der Waals surface area contributed by atoms with Gasteiger partial charge in [-0.2, -0.15) is 0 Å². The molecule has 12 nitrogen and oxygen atoms in total. The van der Waals surface area contributed by atoms with E-state index in [1.807, 2.05) is 0 Å². The Bertz CT molecular complexity index is 1140. The average molecular weight is 569 g/mol. The second-order valence-electron chi connectivity index (χ2n) is 12.4. The summed E-state index contributed by atoms with van der Waals surface area (Å²) in [5.74, 6) is -4.04. The van der Waals surface area contributed by atoms with Crippen LogP contribution >= 0.6 is 0 Å². The number of fused-ring (bicyclic) bond motifs is 3. The van der Waals surface area contributed by atoms with E-state index in [2.05, 4.69) is 0 Å². The largest absolute Gasteiger partial charge is 0.462 e. The summed E-state index contributed by atoms with van der Waals surface area (Å²) in [6.07, 6.45) is -8.14. The summed E-state index contributed by atoms with van der Waals surface area (Å²) in [5, 5.41) is 35.3. The zero-order chi connectivity index (χ0) is 30.2. The Morgan fingerprint density at radius 3 is 2.00 bits per heavy atom. The number of esters is 4. The first-order valence-electron chi connectivity index (χ1n) is 13.5. The second kappa shape index (κ2) is 9.78. The van der Waals surface area contributed by atoms with Crippen LogP contribution < -0.4 is 0 Å². The third kappa shape index (κ3) is 4.17. The minimum absolute atomic E-state index is 0.192. The maximum Gasteiger partial charge on any atom is 0.303 e. The number of ether oxygens (including phenoxy) is 5. The van der Waals surface area contributed by atoms with E-state index >= 15 is 0 Å². The van der Waals surface area contributed by atoms with Crippen LogP contribution in [0.15, 0.2) is 11.1 Å². The van der Waals surface area contributed by atoms with Crippen LogP contribution in [0.25, 0.3) is 0 Å². The topological polar surface area (TPSA) is 175 Å². The van der Waals surface area contributed by atoms with Crippen LogP contribution in [-0.4, -0.2) is 93.6 Å². The van der Waals surface area contributed by atoms with Gasteiger partial charge >= 0.3 is 23.9 Å². The zero-order valence-electron chi connectivity index (χ0n) is 24.2. The molecule has 0 aromatic rings. The molecule has 1 aliphatic heterocycles. The maximum atomic E-state index is 12.7. The first-order chi connectivity index (χ1) is 18.3. The third-order valence-electron chi connectivity index (χ3n) is 9.74. The van der Waals surface area contributed by atoms with Gasteiger partial charge in [-0.1, -0.05) is 20.8 Å². The molecular weight excluding hydrogens is 528 g/mol. The number of rotatable bonds is 4. The van der Waals surface area contributed by atoms with E-state index in [-0.39, 0.29) is 19.4 Å². The van der Waals surface area contributed by atoms with Crippen molar-refractivity contribution in [1.29, 1.82) is 0 Å². The molecule has 4 rings (SSSR count). The van der Waals surface area contributed by atoms with Crippen LogP contribution in [0.2, 0.25) is 0 Å². The SMILES string of the molecule is CC(=O)O[C@@H]1C2=C(C)[C@@H](O)C[C@@](O)([C@H]3OC[C@@]4(OC(C)=O)[C@@H]3[C@@](C)([C@@H](OC(C)=O)C[C@@H]4O)[C@H]1OC(C)=O)C2(C)C. The highest BCUT2D eigenvalue weighted by Gasteiger charge is 2.78. The fourth-order valence-electron chi connectivity index (χ4n) is 8.06. The van der Waals surface area contributed by atoms with Crippen molar-refractivity contribution in [3.05, 3.63) is 11.1 Å². The lowest BCUT2D eigenvalue weighted by Gasteiger charge is -2.64. The lowest BCUT2D eigenvalue weighted by molar-refractivity contribution is -0.279. The number of hydrogen-bond acceptors (Lipinski definition) is 12. The summed E-state index contributed by atoms with van der Waals surface area (Å²) < 4.78 is 29.7. The Morgan fingerprint density at radius 1 is 0.900 bits per heavy atom. The summed E-state index contributed by atoms with van der Waals surface area (Å²) >= 11 is 0. The van der Waals surface area contributed by atoms with Gasteiger partial charge in [0.1, 0.15) is 17.8 Å². The van der Waals surface area contributed by atoms with Crippen LogP contribution in [0, 0.1) is 16.7 Å². The molecule has 0 spiro atoms. The highest BCUT2D eigenvalue weighted by Crippen LogP contribution is 2.66. The van der Waals surface area contributed by atoms with Crippen molar-refractivity contribution in [1.82, 2.24) is 0 Å². The molecular formula is C28H40O12. The highest BCUT2D eigenvalue weighted by molar-refractivity contribution is 5.69. The predicted molar refractivity (Wildman–Crippen MR) is 135 cm³/mol. The zero-order valence-corrected chi connectivity index (χ0v) is 24.2. The molecule has 0 radical (unpaired) electrons. The van der Waals surface area contributed by atoms with E-state index in [0.717, 1.165) is 0 Å². The fourth-order valence-corrected chi connectivity index (χ4v) is 8.06. The van der Waals surface area contributed by atoms with E-state index in [1.165, 1.54) is 27.7 Å². The lowest BCUT2D eigenvalue weighted by Crippen LogP contribution is -2.76. The summed E-state index contributed by atoms with van der Waals surface area (Å²) in [6.45, 7) is 11.1. The molecule has 10 atom stereocenters. The number of aliphatic hydroxyl groups excluding tert-OH is 2. The van der Waals surface area contributed by atoms with E-state index in [1.54, 1.807) is 27.7 Å². The Hall–Kier alpha value is -2.54. The first kappa shape index (κ1) is 30.4. The molecule has 40 heavy (non-hydrogen) atoms. The highest BCUT2D eigenvalue weighted by atomic mass is 16.6. The molecule has 0 aromatic heterocycles. The van der Waals surface area contributed by atoms with Crippen molar-refractivity contribution < 1.29 is 58.2 Å². The fraction of sp³-hybridized carbons (Fsp3) is 0.786. The summed E-state index contributed by atoms with van der Waals surface area (Å²) in [5.41, 5.74) is -5.68. The molecule has 4 aliphatic rings. The van der Waals surface area contributed by atoms with Gasteiger partial charge in [-0.3, -0.25) is 19.2 Å². The predicted octanol–water partition coefficient (Wildman–Crippen LogP) is 0.721.